The first-order valence-electron chi connectivity index (χ1n) is 5.61. The molecular formula is C11H16N2O4. The molecule has 0 amide bonds. The monoisotopic (exact) mass is 240 g/mol. The van der Waals surface area contributed by atoms with Crippen molar-refractivity contribution in [2.24, 2.45) is 5.92 Å². The van der Waals surface area contributed by atoms with Crippen LogP contribution in [-0.4, -0.2) is 27.4 Å². The maximum atomic E-state index is 11.6. The van der Waals surface area contributed by atoms with E-state index in [2.05, 4.69) is 4.98 Å². The molecule has 1 saturated heterocycles. The predicted octanol–water partition coefficient (Wildman–Crippen LogP) is -0.239. The van der Waals surface area contributed by atoms with E-state index in [9.17, 15) is 9.59 Å². The summed E-state index contributed by atoms with van der Waals surface area (Å²) in [7, 11) is 0. The molecule has 0 radical (unpaired) electrons. The minimum Gasteiger partial charge on any atom is -0.394 e. The Labute approximate surface area is 97.9 Å². The molecule has 1 aliphatic rings. The van der Waals surface area contributed by atoms with Crippen LogP contribution in [0.2, 0.25) is 0 Å². The van der Waals surface area contributed by atoms with E-state index in [1.54, 1.807) is 6.92 Å². The zero-order valence-electron chi connectivity index (χ0n) is 9.84. The number of aryl methyl sites for hydroxylation is 1. The largest absolute Gasteiger partial charge is 0.394 e. The van der Waals surface area contributed by atoms with Crippen LogP contribution in [0, 0.1) is 12.8 Å². The number of aliphatic hydroxyl groups excluding tert-OH is 1. The molecule has 3 atom stereocenters. The van der Waals surface area contributed by atoms with Crippen LogP contribution in [0.1, 0.15) is 25.1 Å². The molecule has 94 valence electrons. The summed E-state index contributed by atoms with van der Waals surface area (Å²) >= 11 is 0. The Balaban J connectivity index is 2.34. The van der Waals surface area contributed by atoms with Crippen molar-refractivity contribution in [2.45, 2.75) is 32.6 Å². The van der Waals surface area contributed by atoms with Crippen LogP contribution in [0.25, 0.3) is 0 Å². The van der Waals surface area contributed by atoms with Crippen molar-refractivity contribution in [3.05, 3.63) is 32.6 Å². The van der Waals surface area contributed by atoms with Gasteiger partial charge in [-0.25, -0.2) is 4.79 Å². The summed E-state index contributed by atoms with van der Waals surface area (Å²) in [6, 6.07) is 0. The maximum Gasteiger partial charge on any atom is 0.330 e. The van der Waals surface area contributed by atoms with Crippen LogP contribution >= 0.6 is 0 Å². The van der Waals surface area contributed by atoms with E-state index in [0.29, 0.717) is 12.0 Å². The van der Waals surface area contributed by atoms with Gasteiger partial charge >= 0.3 is 5.69 Å². The van der Waals surface area contributed by atoms with E-state index in [4.69, 9.17) is 9.84 Å². The molecule has 0 bridgehead atoms. The molecule has 2 N–H and O–H groups in total. The van der Waals surface area contributed by atoms with Crippen LogP contribution in [-0.2, 0) is 4.74 Å². The summed E-state index contributed by atoms with van der Waals surface area (Å²) in [5.74, 6) is 0.184. The quantitative estimate of drug-likeness (QED) is 0.747. The molecule has 0 aliphatic carbocycles. The van der Waals surface area contributed by atoms with Gasteiger partial charge in [-0.05, 0) is 19.3 Å². The number of ether oxygens (including phenoxy) is 1. The van der Waals surface area contributed by atoms with E-state index < -0.39 is 11.9 Å². The van der Waals surface area contributed by atoms with Crippen molar-refractivity contribution in [1.82, 2.24) is 9.55 Å². The van der Waals surface area contributed by atoms with Gasteiger partial charge in [0.15, 0.2) is 0 Å². The molecule has 1 aromatic heterocycles. The second-order valence-corrected chi connectivity index (χ2v) is 4.50. The third kappa shape index (κ3) is 2.18. The first kappa shape index (κ1) is 12.1. The zero-order chi connectivity index (χ0) is 12.6. The topological polar surface area (TPSA) is 84.3 Å². The third-order valence-corrected chi connectivity index (χ3v) is 3.18. The molecule has 6 nitrogen and oxygen atoms in total. The van der Waals surface area contributed by atoms with Gasteiger partial charge in [-0.2, -0.15) is 0 Å². The van der Waals surface area contributed by atoms with Crippen molar-refractivity contribution in [3.63, 3.8) is 0 Å². The highest BCUT2D eigenvalue weighted by molar-refractivity contribution is 5.01. The van der Waals surface area contributed by atoms with Gasteiger partial charge in [-0.3, -0.25) is 14.3 Å². The van der Waals surface area contributed by atoms with Gasteiger partial charge < -0.3 is 9.84 Å². The zero-order valence-corrected chi connectivity index (χ0v) is 9.84. The number of aliphatic hydroxyl groups is 1. The smallest absolute Gasteiger partial charge is 0.330 e. The summed E-state index contributed by atoms with van der Waals surface area (Å²) in [5.41, 5.74) is -0.388. The molecule has 0 spiro atoms. The van der Waals surface area contributed by atoms with Crippen LogP contribution in [0.4, 0.5) is 0 Å². The van der Waals surface area contributed by atoms with Crippen LogP contribution < -0.4 is 11.2 Å². The normalized spacial score (nSPS) is 28.5. The number of hydrogen-bond donors (Lipinski definition) is 2. The molecule has 1 fully saturated rings. The first-order chi connectivity index (χ1) is 8.02. The second kappa shape index (κ2) is 4.46. The fourth-order valence-electron chi connectivity index (χ4n) is 2.06. The minimum atomic E-state index is -0.476. The Hall–Kier alpha value is -1.40. The van der Waals surface area contributed by atoms with Crippen LogP contribution in [0.5, 0.6) is 0 Å². The Bertz CT molecular complexity index is 519. The number of nitrogens with one attached hydrogen (secondary N) is 1. The molecule has 0 saturated carbocycles. The van der Waals surface area contributed by atoms with Gasteiger partial charge in [0.05, 0.1) is 12.7 Å². The second-order valence-electron chi connectivity index (χ2n) is 4.50. The Morgan fingerprint density at radius 3 is 2.88 bits per heavy atom. The van der Waals surface area contributed by atoms with Crippen molar-refractivity contribution in [1.29, 1.82) is 0 Å². The fourth-order valence-corrected chi connectivity index (χ4v) is 2.06. The summed E-state index contributed by atoms with van der Waals surface area (Å²) in [6.07, 6.45) is 1.49. The standard InChI is InChI=1S/C11H16N2O4/c1-6-3-9(17-8(6)5-14)13-4-7(2)10(15)12-11(13)16/h4,6,8-9,14H,3,5H2,1-2H3,(H,12,15,16)/t6-,8?,9?/m1/s1. The highest BCUT2D eigenvalue weighted by atomic mass is 16.5. The van der Waals surface area contributed by atoms with Gasteiger partial charge in [-0.1, -0.05) is 6.92 Å². The molecule has 1 aliphatic heterocycles. The molecule has 2 rings (SSSR count). The average Bonchev–Trinajstić information content (AvgIpc) is 2.65. The average molecular weight is 240 g/mol. The van der Waals surface area contributed by atoms with Crippen molar-refractivity contribution < 1.29 is 9.84 Å². The third-order valence-electron chi connectivity index (χ3n) is 3.18. The predicted molar refractivity (Wildman–Crippen MR) is 60.8 cm³/mol. The molecule has 0 aromatic carbocycles. The van der Waals surface area contributed by atoms with E-state index in [-0.39, 0.29) is 24.2 Å². The van der Waals surface area contributed by atoms with Crippen molar-refractivity contribution >= 4 is 0 Å². The number of H-pyrrole nitrogens is 1. The van der Waals surface area contributed by atoms with Crippen LogP contribution in [0.15, 0.2) is 15.8 Å². The van der Waals surface area contributed by atoms with E-state index in [1.165, 1.54) is 10.8 Å². The first-order valence-corrected chi connectivity index (χ1v) is 5.61. The Kier molecular flexibility index (Phi) is 3.17. The van der Waals surface area contributed by atoms with E-state index in [0.717, 1.165) is 0 Å². The van der Waals surface area contributed by atoms with Gasteiger partial charge in [-0.15, -0.1) is 0 Å². The molecule has 1 aromatic rings. The maximum absolute atomic E-state index is 11.6. The van der Waals surface area contributed by atoms with Gasteiger partial charge in [0.1, 0.15) is 6.23 Å². The van der Waals surface area contributed by atoms with E-state index in [1.807, 2.05) is 6.92 Å². The molecule has 17 heavy (non-hydrogen) atoms. The van der Waals surface area contributed by atoms with Gasteiger partial charge in [0.25, 0.3) is 5.56 Å². The highest BCUT2D eigenvalue weighted by Gasteiger charge is 2.33. The SMILES string of the molecule is Cc1cn(C2C[C@@H](C)C(CO)O2)c(=O)[nH]c1=O. The molecular weight excluding hydrogens is 224 g/mol. The summed E-state index contributed by atoms with van der Waals surface area (Å²) in [4.78, 5) is 25.1. The lowest BCUT2D eigenvalue weighted by atomic mass is 10.0. The summed E-state index contributed by atoms with van der Waals surface area (Å²) in [5, 5.41) is 9.10. The minimum absolute atomic E-state index is 0.0608. The highest BCUT2D eigenvalue weighted by Crippen LogP contribution is 2.31. The Morgan fingerprint density at radius 1 is 1.59 bits per heavy atom. The number of rotatable bonds is 2. The van der Waals surface area contributed by atoms with E-state index >= 15 is 0 Å². The lowest BCUT2D eigenvalue weighted by molar-refractivity contribution is -0.0313. The number of hydrogen-bond acceptors (Lipinski definition) is 4. The van der Waals surface area contributed by atoms with Gasteiger partial charge in [0.2, 0.25) is 0 Å². The molecule has 2 unspecified atom stereocenters. The lowest BCUT2D eigenvalue weighted by Crippen LogP contribution is -2.33. The van der Waals surface area contributed by atoms with Crippen molar-refractivity contribution in [2.75, 3.05) is 6.61 Å². The molecule has 6 heteroatoms. The lowest BCUT2D eigenvalue weighted by Gasteiger charge is -2.14. The number of aromatic amines is 1. The summed E-state index contributed by atoms with van der Waals surface area (Å²) in [6.45, 7) is 3.54. The van der Waals surface area contributed by atoms with Gasteiger partial charge in [0, 0.05) is 11.8 Å². The summed E-state index contributed by atoms with van der Waals surface area (Å²) < 4.78 is 6.95. The number of nitrogens with zero attached hydrogens (tertiary/aromatic N) is 1. The Morgan fingerprint density at radius 2 is 2.29 bits per heavy atom. The molecule has 2 heterocycles. The fraction of sp³-hybridized carbons (Fsp3) is 0.636. The number of aromatic nitrogens is 2. The van der Waals surface area contributed by atoms with Crippen molar-refractivity contribution in [3.8, 4) is 0 Å². The van der Waals surface area contributed by atoms with Crippen LogP contribution in [0.3, 0.4) is 0 Å².